The maximum atomic E-state index is 13.3. The van der Waals surface area contributed by atoms with E-state index in [9.17, 15) is 9.59 Å². The Labute approximate surface area is 130 Å². The van der Waals surface area contributed by atoms with Crippen molar-refractivity contribution in [2.75, 3.05) is 11.4 Å². The second kappa shape index (κ2) is 3.92. The first-order valence-electron chi connectivity index (χ1n) is 7.97. The fourth-order valence-corrected chi connectivity index (χ4v) is 4.49. The second-order valence-corrected chi connectivity index (χ2v) is 7.51. The number of esters is 1. The molecule has 2 bridgehead atoms. The highest BCUT2D eigenvalue weighted by Crippen LogP contribution is 2.66. The number of carbonyl (C=O) groups is 2. The third kappa shape index (κ3) is 1.30. The van der Waals surface area contributed by atoms with Crippen molar-refractivity contribution in [3.8, 4) is 0 Å². The van der Waals surface area contributed by atoms with Crippen LogP contribution in [0.3, 0.4) is 0 Å². The lowest BCUT2D eigenvalue weighted by Gasteiger charge is -2.38. The number of hydrogen-bond acceptors (Lipinski definition) is 3. The van der Waals surface area contributed by atoms with Gasteiger partial charge in [-0.25, -0.2) is 0 Å². The van der Waals surface area contributed by atoms with E-state index in [1.165, 1.54) is 5.56 Å². The summed E-state index contributed by atoms with van der Waals surface area (Å²) in [6.07, 6.45) is 2.21. The zero-order valence-corrected chi connectivity index (χ0v) is 13.3. The summed E-state index contributed by atoms with van der Waals surface area (Å²) in [4.78, 5) is 27.5. The molecule has 116 valence electrons. The molecule has 1 aromatic carbocycles. The molecule has 0 radical (unpaired) electrons. The molecule has 0 unspecified atom stereocenters. The number of anilines is 1. The second-order valence-electron chi connectivity index (χ2n) is 7.51. The number of ether oxygens (including phenoxy) is 1. The number of benzene rings is 1. The lowest BCUT2D eigenvalue weighted by molar-refractivity contribution is -0.167. The van der Waals surface area contributed by atoms with Crippen molar-refractivity contribution >= 4 is 17.6 Å². The molecular formula is C18H21NO3. The van der Waals surface area contributed by atoms with Crippen LogP contribution < -0.4 is 4.90 Å². The van der Waals surface area contributed by atoms with E-state index >= 15 is 0 Å². The van der Waals surface area contributed by atoms with Gasteiger partial charge in [0, 0.05) is 17.6 Å². The molecule has 4 heteroatoms. The molecule has 2 fully saturated rings. The fourth-order valence-electron chi connectivity index (χ4n) is 4.49. The van der Waals surface area contributed by atoms with Crippen molar-refractivity contribution in [3.05, 3.63) is 29.8 Å². The molecule has 2 heterocycles. The van der Waals surface area contributed by atoms with Crippen molar-refractivity contribution in [2.45, 2.75) is 45.6 Å². The molecule has 22 heavy (non-hydrogen) atoms. The van der Waals surface area contributed by atoms with Crippen molar-refractivity contribution in [1.82, 2.24) is 0 Å². The molecular weight excluding hydrogens is 278 g/mol. The number of carbonyl (C=O) groups excluding carboxylic acids is 2. The van der Waals surface area contributed by atoms with Crippen LogP contribution in [-0.2, 0) is 20.7 Å². The zero-order valence-electron chi connectivity index (χ0n) is 13.3. The highest BCUT2D eigenvalue weighted by atomic mass is 16.6. The van der Waals surface area contributed by atoms with Crippen molar-refractivity contribution in [3.63, 3.8) is 0 Å². The summed E-state index contributed by atoms with van der Waals surface area (Å²) < 4.78 is 5.73. The number of nitrogens with zero attached hydrogens (tertiary/aromatic N) is 1. The van der Waals surface area contributed by atoms with Crippen LogP contribution in [0.5, 0.6) is 0 Å². The molecule has 4 rings (SSSR count). The highest BCUT2D eigenvalue weighted by Gasteiger charge is 2.76. The van der Waals surface area contributed by atoms with Crippen molar-refractivity contribution in [2.24, 2.45) is 10.8 Å². The summed E-state index contributed by atoms with van der Waals surface area (Å²) in [6.45, 7) is 6.62. The van der Waals surface area contributed by atoms with Crippen LogP contribution in [0.2, 0.25) is 0 Å². The van der Waals surface area contributed by atoms with Crippen LogP contribution in [0.4, 0.5) is 5.69 Å². The van der Waals surface area contributed by atoms with E-state index in [0.29, 0.717) is 13.0 Å². The number of rotatable bonds is 1. The molecule has 1 aliphatic carbocycles. The zero-order chi connectivity index (χ0) is 15.8. The summed E-state index contributed by atoms with van der Waals surface area (Å²) >= 11 is 0. The summed E-state index contributed by atoms with van der Waals surface area (Å²) in [5.41, 5.74) is 0.119. The van der Waals surface area contributed by atoms with E-state index in [2.05, 4.69) is 6.07 Å². The highest BCUT2D eigenvalue weighted by molar-refractivity contribution is 6.05. The maximum Gasteiger partial charge on any atom is 0.313 e. The van der Waals surface area contributed by atoms with Gasteiger partial charge in [0.05, 0.1) is 5.41 Å². The topological polar surface area (TPSA) is 46.6 Å². The fraction of sp³-hybridized carbons (Fsp3) is 0.556. The Hall–Kier alpha value is -1.84. The number of hydrogen-bond donors (Lipinski definition) is 0. The Kier molecular flexibility index (Phi) is 2.46. The SMILES string of the molecule is CC1(C)[C@@]2(C)CC[C@@]1(C(=O)N1CCc3ccccc31)OC2=O. The molecule has 0 aromatic heterocycles. The molecule has 2 atom stereocenters. The van der Waals surface area contributed by atoms with E-state index in [1.54, 1.807) is 0 Å². The Morgan fingerprint density at radius 3 is 2.55 bits per heavy atom. The Bertz CT molecular complexity index is 695. The van der Waals surface area contributed by atoms with E-state index in [0.717, 1.165) is 18.5 Å². The minimum atomic E-state index is -1.00. The first-order valence-corrected chi connectivity index (χ1v) is 7.97. The van der Waals surface area contributed by atoms with Gasteiger partial charge in [-0.3, -0.25) is 9.59 Å². The predicted molar refractivity (Wildman–Crippen MR) is 82.4 cm³/mol. The maximum absolute atomic E-state index is 13.3. The van der Waals surface area contributed by atoms with Crippen LogP contribution in [-0.4, -0.2) is 24.0 Å². The van der Waals surface area contributed by atoms with Gasteiger partial charge in [-0.2, -0.15) is 0 Å². The quantitative estimate of drug-likeness (QED) is 0.749. The van der Waals surface area contributed by atoms with Gasteiger partial charge in [-0.1, -0.05) is 32.0 Å². The van der Waals surface area contributed by atoms with Crippen LogP contribution in [0.15, 0.2) is 24.3 Å². The monoisotopic (exact) mass is 299 g/mol. The van der Waals surface area contributed by atoms with E-state index < -0.39 is 16.4 Å². The Balaban J connectivity index is 1.77. The molecule has 3 aliphatic rings. The molecule has 1 aromatic rings. The van der Waals surface area contributed by atoms with E-state index in [1.807, 2.05) is 43.9 Å². The van der Waals surface area contributed by atoms with Gasteiger partial charge in [0.25, 0.3) is 5.91 Å². The van der Waals surface area contributed by atoms with Gasteiger partial charge in [0.2, 0.25) is 0 Å². The summed E-state index contributed by atoms with van der Waals surface area (Å²) in [6, 6.07) is 7.99. The molecule has 1 amide bonds. The first-order chi connectivity index (χ1) is 10.3. The smallest absolute Gasteiger partial charge is 0.313 e. The van der Waals surface area contributed by atoms with Gasteiger partial charge < -0.3 is 9.64 Å². The third-order valence-corrected chi connectivity index (χ3v) is 6.56. The largest absolute Gasteiger partial charge is 0.448 e. The minimum absolute atomic E-state index is 0.0444. The minimum Gasteiger partial charge on any atom is -0.448 e. The van der Waals surface area contributed by atoms with E-state index in [4.69, 9.17) is 4.74 Å². The van der Waals surface area contributed by atoms with E-state index in [-0.39, 0.29) is 11.9 Å². The van der Waals surface area contributed by atoms with Crippen LogP contribution in [0.25, 0.3) is 0 Å². The van der Waals surface area contributed by atoms with Gasteiger partial charge >= 0.3 is 5.97 Å². The number of amides is 1. The molecule has 4 nitrogen and oxygen atoms in total. The average molecular weight is 299 g/mol. The molecule has 1 saturated carbocycles. The molecule has 2 aliphatic heterocycles. The summed E-state index contributed by atoms with van der Waals surface area (Å²) in [5.74, 6) is -0.262. The normalized spacial score (nSPS) is 34.7. The first kappa shape index (κ1) is 13.8. The molecule has 0 N–H and O–H groups in total. The third-order valence-electron chi connectivity index (χ3n) is 6.56. The standard InChI is InChI=1S/C18H21NO3/c1-16(2)17(3)9-10-18(16,22-15(17)21)14(20)19-11-8-12-6-4-5-7-13(12)19/h4-7H,8-11H2,1-3H3/t17-,18-/m0/s1. The average Bonchev–Trinajstić information content (AvgIpc) is 3.04. The number of para-hydroxylation sites is 1. The van der Waals surface area contributed by atoms with Crippen molar-refractivity contribution in [1.29, 1.82) is 0 Å². The lowest BCUT2D eigenvalue weighted by Crippen LogP contribution is -2.54. The number of fused-ring (bicyclic) bond motifs is 3. The van der Waals surface area contributed by atoms with Crippen LogP contribution in [0.1, 0.15) is 39.2 Å². The lowest BCUT2D eigenvalue weighted by atomic mass is 9.66. The Morgan fingerprint density at radius 1 is 1.18 bits per heavy atom. The Morgan fingerprint density at radius 2 is 1.91 bits per heavy atom. The predicted octanol–water partition coefficient (Wildman–Crippen LogP) is 2.70. The van der Waals surface area contributed by atoms with Gasteiger partial charge in [-0.15, -0.1) is 0 Å². The summed E-state index contributed by atoms with van der Waals surface area (Å²) in [5, 5.41) is 0. The molecule has 1 saturated heterocycles. The van der Waals surface area contributed by atoms with Crippen LogP contribution in [0, 0.1) is 10.8 Å². The molecule has 0 spiro atoms. The summed E-state index contributed by atoms with van der Waals surface area (Å²) in [7, 11) is 0. The van der Waals surface area contributed by atoms with Gasteiger partial charge in [0.15, 0.2) is 5.60 Å². The van der Waals surface area contributed by atoms with Gasteiger partial charge in [-0.05, 0) is 37.8 Å². The van der Waals surface area contributed by atoms with Gasteiger partial charge in [0.1, 0.15) is 0 Å². The van der Waals surface area contributed by atoms with Crippen molar-refractivity contribution < 1.29 is 14.3 Å². The van der Waals surface area contributed by atoms with Crippen LogP contribution >= 0.6 is 0 Å².